The van der Waals surface area contributed by atoms with Crippen LogP contribution in [-0.4, -0.2) is 10.7 Å². The molecule has 138 valence electrons. The van der Waals surface area contributed by atoms with Gasteiger partial charge in [0.2, 0.25) is 0 Å². The maximum atomic E-state index is 3.49. The van der Waals surface area contributed by atoms with E-state index in [1.165, 1.54) is 120 Å². The van der Waals surface area contributed by atoms with E-state index in [0.29, 0.717) is 0 Å². The molecule has 0 aromatic heterocycles. The normalized spacial score (nSPS) is 11.6. The number of allylic oxidation sites excluding steroid dienone is 2. The van der Waals surface area contributed by atoms with Gasteiger partial charge in [0.15, 0.2) is 0 Å². The van der Waals surface area contributed by atoms with Crippen molar-refractivity contribution in [3.8, 4) is 0 Å². The molecule has 0 aromatic rings. The van der Waals surface area contributed by atoms with E-state index in [0.717, 1.165) is 0 Å². The Labute approximate surface area is 163 Å². The molecule has 0 spiro atoms. The van der Waals surface area contributed by atoms with Gasteiger partial charge >= 0.3 is 0 Å². The number of hydrogen-bond donors (Lipinski definition) is 0. The molecule has 0 fully saturated rings. The molecule has 2 heteroatoms. The summed E-state index contributed by atoms with van der Waals surface area (Å²) < 4.78 is 0. The highest BCUT2D eigenvalue weighted by atomic mass is 79.9. The molecule has 0 amide bonds. The second-order valence-corrected chi connectivity index (χ2v) is 8.32. The lowest BCUT2D eigenvalue weighted by molar-refractivity contribution is 0.578. The smallest absolute Gasteiger partial charge is 0.00313 e. The maximum absolute atomic E-state index is 3.49. The third-order valence-electron chi connectivity index (χ3n) is 4.43. The van der Waals surface area contributed by atoms with Crippen molar-refractivity contribution in [2.45, 2.75) is 109 Å². The summed E-state index contributed by atoms with van der Waals surface area (Å²) in [5, 5.41) is 2.35. The number of halogens is 2. The van der Waals surface area contributed by atoms with Gasteiger partial charge in [-0.15, -0.1) is 0 Å². The lowest BCUT2D eigenvalue weighted by atomic mass is 10.1. The quantitative estimate of drug-likeness (QED) is 0.104. The van der Waals surface area contributed by atoms with Crippen LogP contribution < -0.4 is 0 Å². The maximum Gasteiger partial charge on any atom is 0.00313 e. The first kappa shape index (κ1) is 23.7. The third-order valence-corrected chi connectivity index (χ3v) is 5.55. The van der Waals surface area contributed by atoms with Gasteiger partial charge in [-0.2, -0.15) is 0 Å². The zero-order chi connectivity index (χ0) is 16.8. The molecule has 0 heterocycles. The lowest BCUT2D eigenvalue weighted by Crippen LogP contribution is -1.82. The van der Waals surface area contributed by atoms with Crippen molar-refractivity contribution in [1.29, 1.82) is 0 Å². The Morgan fingerprint density at radius 2 is 0.609 bits per heavy atom. The van der Waals surface area contributed by atoms with Gasteiger partial charge in [-0.3, -0.25) is 0 Å². The Morgan fingerprint density at radius 3 is 0.913 bits per heavy atom. The zero-order valence-corrected chi connectivity index (χ0v) is 18.5. The van der Waals surface area contributed by atoms with Gasteiger partial charge in [-0.25, -0.2) is 0 Å². The van der Waals surface area contributed by atoms with Crippen LogP contribution in [0.3, 0.4) is 0 Å². The summed E-state index contributed by atoms with van der Waals surface area (Å²) >= 11 is 6.99. The molecule has 0 nitrogen and oxygen atoms in total. The van der Waals surface area contributed by atoms with E-state index in [1.807, 2.05) is 0 Å². The summed E-state index contributed by atoms with van der Waals surface area (Å²) in [6.45, 7) is 0. The molecule has 0 aliphatic rings. The van der Waals surface area contributed by atoms with Crippen LogP contribution >= 0.6 is 31.9 Å². The molecule has 0 aliphatic carbocycles. The summed E-state index contributed by atoms with van der Waals surface area (Å²) in [5.41, 5.74) is 0. The second-order valence-electron chi connectivity index (χ2n) is 6.73. The van der Waals surface area contributed by atoms with Gasteiger partial charge in [-0.05, 0) is 38.5 Å². The molecule has 23 heavy (non-hydrogen) atoms. The summed E-state index contributed by atoms with van der Waals surface area (Å²) in [4.78, 5) is 0. The van der Waals surface area contributed by atoms with Crippen molar-refractivity contribution in [1.82, 2.24) is 0 Å². The summed E-state index contributed by atoms with van der Waals surface area (Å²) in [6.07, 6.45) is 28.7. The van der Waals surface area contributed by atoms with Crippen LogP contribution in [-0.2, 0) is 0 Å². The fraction of sp³-hybridized carbons (Fsp3) is 0.905. The molecule has 0 aliphatic heterocycles. The number of alkyl halides is 2. The summed E-state index contributed by atoms with van der Waals surface area (Å²) in [6, 6.07) is 0. The highest BCUT2D eigenvalue weighted by Crippen LogP contribution is 2.12. The number of hydrogen-bond acceptors (Lipinski definition) is 0. The van der Waals surface area contributed by atoms with Gasteiger partial charge in [0, 0.05) is 10.7 Å². The molecule has 0 unspecified atom stereocenters. The van der Waals surface area contributed by atoms with E-state index < -0.39 is 0 Å². The van der Waals surface area contributed by atoms with Gasteiger partial charge in [0.25, 0.3) is 0 Å². The van der Waals surface area contributed by atoms with Crippen LogP contribution in [0.4, 0.5) is 0 Å². The largest absolute Gasteiger partial charge is 0.0928 e. The van der Waals surface area contributed by atoms with E-state index in [1.54, 1.807) is 0 Å². The average molecular weight is 452 g/mol. The monoisotopic (exact) mass is 450 g/mol. The molecule has 0 atom stereocenters. The van der Waals surface area contributed by atoms with E-state index in [-0.39, 0.29) is 0 Å². The summed E-state index contributed by atoms with van der Waals surface area (Å²) in [7, 11) is 0. The standard InChI is InChI=1S/C21H40Br2/c22-20-18-16-14-12-10-8-6-4-2-1-3-5-7-9-11-13-15-17-19-21-23/h1-2H,3-21H2. The predicted octanol–water partition coefficient (Wildman–Crippen LogP) is 8.96. The lowest BCUT2D eigenvalue weighted by Gasteiger charge is -2.01. The number of rotatable bonds is 19. The van der Waals surface area contributed by atoms with Crippen LogP contribution in [0.5, 0.6) is 0 Å². The highest BCUT2D eigenvalue weighted by Gasteiger charge is 1.92. The highest BCUT2D eigenvalue weighted by molar-refractivity contribution is 9.09. The molecule has 0 rings (SSSR count). The van der Waals surface area contributed by atoms with Crippen molar-refractivity contribution in [3.05, 3.63) is 12.2 Å². The van der Waals surface area contributed by atoms with Crippen LogP contribution in [0.1, 0.15) is 109 Å². The Kier molecular flexibility index (Phi) is 23.4. The second kappa shape index (κ2) is 22.7. The molecule has 0 N–H and O–H groups in total. The van der Waals surface area contributed by atoms with Crippen molar-refractivity contribution in [2.75, 3.05) is 10.7 Å². The molecule has 0 saturated carbocycles. The average Bonchev–Trinajstić information content (AvgIpc) is 2.57. The first-order chi connectivity index (χ1) is 11.4. The van der Waals surface area contributed by atoms with Crippen LogP contribution in [0.2, 0.25) is 0 Å². The van der Waals surface area contributed by atoms with E-state index in [9.17, 15) is 0 Å². The molecule has 0 saturated heterocycles. The Morgan fingerprint density at radius 1 is 0.348 bits per heavy atom. The van der Waals surface area contributed by atoms with Crippen molar-refractivity contribution in [2.24, 2.45) is 0 Å². The first-order valence-electron chi connectivity index (χ1n) is 10.2. The molecule has 0 aromatic carbocycles. The van der Waals surface area contributed by atoms with Crippen molar-refractivity contribution < 1.29 is 0 Å². The SMILES string of the molecule is BrCCCCCCCCCC=CCCCCCCCCCCBr. The van der Waals surface area contributed by atoms with Crippen LogP contribution in [0, 0.1) is 0 Å². The molecule has 0 bridgehead atoms. The van der Waals surface area contributed by atoms with Gasteiger partial charge < -0.3 is 0 Å². The Balaban J connectivity index is 3.03. The minimum absolute atomic E-state index is 1.18. The topological polar surface area (TPSA) is 0 Å². The van der Waals surface area contributed by atoms with Crippen molar-refractivity contribution >= 4 is 31.9 Å². The molecular formula is C21H40Br2. The van der Waals surface area contributed by atoms with Gasteiger partial charge in [0.05, 0.1) is 0 Å². The first-order valence-corrected chi connectivity index (χ1v) is 12.4. The fourth-order valence-corrected chi connectivity index (χ4v) is 3.69. The van der Waals surface area contributed by atoms with Gasteiger partial charge in [-0.1, -0.05) is 115 Å². The van der Waals surface area contributed by atoms with E-state index in [2.05, 4.69) is 44.0 Å². The van der Waals surface area contributed by atoms with E-state index >= 15 is 0 Å². The minimum Gasteiger partial charge on any atom is -0.0928 e. The third kappa shape index (κ3) is 22.7. The number of unbranched alkanes of at least 4 members (excludes halogenated alkanes) is 15. The van der Waals surface area contributed by atoms with Crippen molar-refractivity contribution in [3.63, 3.8) is 0 Å². The summed E-state index contributed by atoms with van der Waals surface area (Å²) in [5.74, 6) is 0. The Bertz CT molecular complexity index is 226. The zero-order valence-electron chi connectivity index (χ0n) is 15.3. The predicted molar refractivity (Wildman–Crippen MR) is 115 cm³/mol. The van der Waals surface area contributed by atoms with Crippen LogP contribution in [0.15, 0.2) is 12.2 Å². The molecular weight excluding hydrogens is 412 g/mol. The fourth-order valence-electron chi connectivity index (χ4n) is 2.89. The van der Waals surface area contributed by atoms with Gasteiger partial charge in [0.1, 0.15) is 0 Å². The molecule has 0 radical (unpaired) electrons. The Hall–Kier alpha value is 0.700. The van der Waals surface area contributed by atoms with Crippen LogP contribution in [0.25, 0.3) is 0 Å². The minimum atomic E-state index is 1.18. The van der Waals surface area contributed by atoms with E-state index in [4.69, 9.17) is 0 Å².